The van der Waals surface area contributed by atoms with Gasteiger partial charge < -0.3 is 4.57 Å². The molecule has 200 valence electrons. The van der Waals surface area contributed by atoms with Gasteiger partial charge in [-0.2, -0.15) is 13.2 Å². The quantitative estimate of drug-likeness (QED) is 0.241. The lowest BCUT2D eigenvalue weighted by Gasteiger charge is -2.16. The van der Waals surface area contributed by atoms with Crippen LogP contribution in [0.1, 0.15) is 17.1 Å². The lowest BCUT2D eigenvalue weighted by molar-refractivity contribution is -0.141. The highest BCUT2D eigenvalue weighted by atomic mass is 32.2. The first-order valence-corrected chi connectivity index (χ1v) is 13.5. The highest BCUT2D eigenvalue weighted by Gasteiger charge is 2.34. The zero-order valence-electron chi connectivity index (χ0n) is 20.7. The number of nitrogens with zero attached hydrogens (tertiary/aromatic N) is 5. The van der Waals surface area contributed by atoms with Crippen LogP contribution in [0.3, 0.4) is 0 Å². The molecule has 0 atom stereocenters. The zero-order valence-corrected chi connectivity index (χ0v) is 21.5. The van der Waals surface area contributed by atoms with Gasteiger partial charge in [-0.15, -0.1) is 5.10 Å². The molecule has 12 heteroatoms. The van der Waals surface area contributed by atoms with Crippen molar-refractivity contribution in [2.24, 2.45) is 0 Å². The van der Waals surface area contributed by atoms with Crippen molar-refractivity contribution in [3.63, 3.8) is 0 Å². The molecule has 0 N–H and O–H groups in total. The van der Waals surface area contributed by atoms with E-state index >= 15 is 0 Å². The Labute approximate surface area is 221 Å². The third-order valence-corrected chi connectivity index (χ3v) is 7.29. The molecule has 0 aliphatic carbocycles. The molecule has 0 spiro atoms. The van der Waals surface area contributed by atoms with E-state index in [0.717, 1.165) is 12.5 Å². The average molecular weight is 556 g/mol. The molecule has 0 unspecified atom stereocenters. The number of hydrogen-bond acceptors (Lipinski definition) is 5. The van der Waals surface area contributed by atoms with E-state index in [1.807, 2.05) is 0 Å². The van der Waals surface area contributed by atoms with E-state index in [1.54, 1.807) is 54.6 Å². The van der Waals surface area contributed by atoms with Gasteiger partial charge >= 0.3 is 6.18 Å². The molecule has 0 saturated carbocycles. The number of hydrogen-bond donors (Lipinski definition) is 0. The van der Waals surface area contributed by atoms with Gasteiger partial charge in [0.1, 0.15) is 12.5 Å². The average Bonchev–Trinajstić information content (AvgIpc) is 3.55. The summed E-state index contributed by atoms with van der Waals surface area (Å²) in [6, 6.07) is 18.0. The monoisotopic (exact) mass is 555 g/mol. The first-order chi connectivity index (χ1) is 18.5. The summed E-state index contributed by atoms with van der Waals surface area (Å²) in [7, 11) is -3.48. The van der Waals surface area contributed by atoms with Gasteiger partial charge in [0, 0.05) is 18.0 Å². The summed E-state index contributed by atoms with van der Waals surface area (Å²) in [6.07, 6.45) is -1.13. The Morgan fingerprint density at radius 2 is 1.59 bits per heavy atom. The summed E-state index contributed by atoms with van der Waals surface area (Å²) in [5, 5.41) is 8.23. The fourth-order valence-corrected chi connectivity index (χ4v) is 4.88. The molecular weight excluding hydrogens is 534 g/mol. The van der Waals surface area contributed by atoms with E-state index in [0.29, 0.717) is 39.3 Å². The van der Waals surface area contributed by atoms with Crippen molar-refractivity contribution < 1.29 is 26.0 Å². The number of halogens is 4. The molecule has 0 fully saturated rings. The van der Waals surface area contributed by atoms with Crippen LogP contribution in [0, 0.1) is 6.92 Å². The maximum Gasteiger partial charge on any atom is 0.434 e. The van der Waals surface area contributed by atoms with Crippen molar-refractivity contribution in [1.82, 2.24) is 24.5 Å². The first kappa shape index (κ1) is 26.3. The molecule has 0 radical (unpaired) electrons. The van der Waals surface area contributed by atoms with Gasteiger partial charge in [0.15, 0.2) is 15.5 Å². The van der Waals surface area contributed by atoms with E-state index in [1.165, 1.54) is 34.5 Å². The van der Waals surface area contributed by atoms with Crippen LogP contribution in [-0.2, 0) is 22.7 Å². The van der Waals surface area contributed by atoms with Crippen LogP contribution < -0.4 is 0 Å². The van der Waals surface area contributed by atoms with Crippen LogP contribution in [0.5, 0.6) is 0 Å². The van der Waals surface area contributed by atoms with Gasteiger partial charge in [-0.3, -0.25) is 0 Å². The number of aryl methyl sites for hydroxylation is 1. The maximum absolute atomic E-state index is 13.5. The van der Waals surface area contributed by atoms with Crippen molar-refractivity contribution in [3.05, 3.63) is 96.2 Å². The Hall–Kier alpha value is -4.32. The molecule has 0 bridgehead atoms. The highest BCUT2D eigenvalue weighted by molar-refractivity contribution is 7.90. The van der Waals surface area contributed by atoms with Crippen molar-refractivity contribution in [3.8, 4) is 33.8 Å². The molecule has 0 saturated heterocycles. The number of sulfone groups is 1. The lowest BCUT2D eigenvalue weighted by atomic mass is 10.0. The molecule has 2 aromatic heterocycles. The molecule has 7 nitrogen and oxygen atoms in total. The van der Waals surface area contributed by atoms with Gasteiger partial charge in [-0.25, -0.2) is 22.5 Å². The molecule has 39 heavy (non-hydrogen) atoms. The van der Waals surface area contributed by atoms with Crippen molar-refractivity contribution in [1.29, 1.82) is 0 Å². The van der Waals surface area contributed by atoms with Gasteiger partial charge in [-0.1, -0.05) is 47.7 Å². The molecule has 0 aliphatic heterocycles. The van der Waals surface area contributed by atoms with E-state index in [4.69, 9.17) is 0 Å². The topological polar surface area (TPSA) is 82.7 Å². The minimum Gasteiger partial charge on any atom is -0.301 e. The molecule has 3 aromatic carbocycles. The standard InChI is InChI=1S/C27H21F4N5O2S/c1-17-33-26(27(29,30)31)16-35(17)23-11-10-21(20-4-3-5-22(12-20)39(2,37)38)13-24(23)36-25(15-32-34-36)19-8-6-18(14-28)7-9-19/h3-13,15-16H,14H2,1-2H3. The normalized spacial score (nSPS) is 12.2. The minimum absolute atomic E-state index is 0.101. The van der Waals surface area contributed by atoms with Crippen molar-refractivity contribution in [2.75, 3.05) is 6.26 Å². The summed E-state index contributed by atoms with van der Waals surface area (Å²) in [5.74, 6) is 0.101. The Morgan fingerprint density at radius 3 is 2.23 bits per heavy atom. The van der Waals surface area contributed by atoms with Gasteiger partial charge in [0.25, 0.3) is 0 Å². The molecule has 5 rings (SSSR count). The van der Waals surface area contributed by atoms with E-state index < -0.39 is 28.4 Å². The van der Waals surface area contributed by atoms with Gasteiger partial charge in [0.2, 0.25) is 0 Å². The van der Waals surface area contributed by atoms with Crippen LogP contribution >= 0.6 is 0 Å². The number of benzene rings is 3. The number of aromatic nitrogens is 5. The predicted octanol–water partition coefficient (Wildman–Crippen LogP) is 5.99. The Balaban J connectivity index is 1.73. The summed E-state index contributed by atoms with van der Waals surface area (Å²) >= 11 is 0. The molecule has 5 aromatic rings. The second-order valence-electron chi connectivity index (χ2n) is 8.91. The Kier molecular flexibility index (Phi) is 6.59. The number of rotatable bonds is 6. The van der Waals surface area contributed by atoms with E-state index in [2.05, 4.69) is 15.3 Å². The summed E-state index contributed by atoms with van der Waals surface area (Å²) in [5.41, 5.74) is 2.50. The molecule has 0 aliphatic rings. The van der Waals surface area contributed by atoms with Crippen LogP contribution in [0.15, 0.2) is 84.0 Å². The third kappa shape index (κ3) is 5.19. The predicted molar refractivity (Wildman–Crippen MR) is 137 cm³/mol. The highest BCUT2D eigenvalue weighted by Crippen LogP contribution is 2.34. The lowest BCUT2D eigenvalue weighted by Crippen LogP contribution is -2.07. The molecule has 2 heterocycles. The van der Waals surface area contributed by atoms with Crippen LogP contribution in [0.4, 0.5) is 17.6 Å². The number of imidazole rings is 1. The maximum atomic E-state index is 13.5. The summed E-state index contributed by atoms with van der Waals surface area (Å²) in [6.45, 7) is 0.832. The fourth-order valence-electron chi connectivity index (χ4n) is 4.21. The Bertz CT molecular complexity index is 1770. The van der Waals surface area contributed by atoms with Crippen LogP contribution in [0.2, 0.25) is 0 Å². The summed E-state index contributed by atoms with van der Waals surface area (Å²) < 4.78 is 80.5. The van der Waals surface area contributed by atoms with Crippen LogP contribution in [-0.4, -0.2) is 39.2 Å². The first-order valence-electron chi connectivity index (χ1n) is 11.6. The van der Waals surface area contributed by atoms with Gasteiger partial charge in [-0.05, 0) is 47.9 Å². The number of alkyl halides is 4. The zero-order chi connectivity index (χ0) is 27.9. The van der Waals surface area contributed by atoms with E-state index in [-0.39, 0.29) is 10.7 Å². The second-order valence-corrected chi connectivity index (χ2v) is 10.9. The Morgan fingerprint density at radius 1 is 0.897 bits per heavy atom. The fraction of sp³-hybridized carbons (Fsp3) is 0.148. The third-order valence-electron chi connectivity index (χ3n) is 6.18. The van der Waals surface area contributed by atoms with Crippen LogP contribution in [0.25, 0.3) is 33.8 Å². The molecular formula is C27H21F4N5O2S. The smallest absolute Gasteiger partial charge is 0.301 e. The van der Waals surface area contributed by atoms with Crippen molar-refractivity contribution in [2.45, 2.75) is 24.7 Å². The van der Waals surface area contributed by atoms with Gasteiger partial charge in [0.05, 0.1) is 28.2 Å². The van der Waals surface area contributed by atoms with Crippen molar-refractivity contribution >= 4 is 9.84 Å². The molecule has 0 amide bonds. The minimum atomic E-state index is -4.64. The summed E-state index contributed by atoms with van der Waals surface area (Å²) in [4.78, 5) is 3.82. The largest absolute Gasteiger partial charge is 0.434 e. The van der Waals surface area contributed by atoms with E-state index in [9.17, 15) is 26.0 Å². The SMILES string of the molecule is Cc1nc(C(F)(F)F)cn1-c1ccc(-c2cccc(S(C)(=O)=O)c2)cc1-n1nncc1-c1ccc(CF)cc1. The second kappa shape index (κ2) is 9.77.